The van der Waals surface area contributed by atoms with E-state index >= 15 is 0 Å². The van der Waals surface area contributed by atoms with Gasteiger partial charge in [-0.1, -0.05) is 44.2 Å². The van der Waals surface area contributed by atoms with Gasteiger partial charge >= 0.3 is 6.18 Å². The minimum atomic E-state index is -4.45. The van der Waals surface area contributed by atoms with Gasteiger partial charge in [-0.05, 0) is 24.1 Å². The molecule has 1 fully saturated rings. The number of likely N-dealkylation sites (tertiary alicyclic amines) is 1. The molecule has 0 bridgehead atoms. The molecule has 1 saturated heterocycles. The van der Waals surface area contributed by atoms with Crippen LogP contribution in [0.2, 0.25) is 0 Å². The van der Waals surface area contributed by atoms with Crippen LogP contribution in [0.5, 0.6) is 0 Å². The monoisotopic (exact) mass is 440 g/mol. The first-order valence-electron chi connectivity index (χ1n) is 9.45. The molecule has 2 atom stereocenters. The number of hydrogen-bond acceptors (Lipinski definition) is 5. The summed E-state index contributed by atoms with van der Waals surface area (Å²) in [6, 6.07) is 3.93. The quantitative estimate of drug-likeness (QED) is 0.768. The Morgan fingerprint density at radius 1 is 1.17 bits per heavy atom. The molecule has 0 spiro atoms. The summed E-state index contributed by atoms with van der Waals surface area (Å²) in [4.78, 5) is 26.7. The Bertz CT molecular complexity index is 935. The Morgan fingerprint density at radius 3 is 2.33 bits per heavy atom. The summed E-state index contributed by atoms with van der Waals surface area (Å²) in [7, 11) is 1.56. The standard InChI is InChI=1S/C20H23F3N4O2S/c1-19(2,3)17-25-26-18(30-17)24-16(29)13-9-10-14(28)27(4)15(13)11-5-7-12(8-6-11)20(21,22)23/h5-8,13,15H,9-10H2,1-4H3,(H,24,26,29). The van der Waals surface area contributed by atoms with Gasteiger partial charge in [-0.25, -0.2) is 0 Å². The predicted molar refractivity (Wildman–Crippen MR) is 107 cm³/mol. The first kappa shape index (κ1) is 22.2. The SMILES string of the molecule is CN1C(=O)CCC(C(=O)Nc2nnc(C(C)(C)C)s2)C1c1ccc(C(F)(F)F)cc1. The average molecular weight is 440 g/mol. The van der Waals surface area contributed by atoms with Crippen LogP contribution in [0.15, 0.2) is 24.3 Å². The van der Waals surface area contributed by atoms with Crippen molar-refractivity contribution >= 4 is 28.3 Å². The van der Waals surface area contributed by atoms with Gasteiger partial charge in [0.05, 0.1) is 17.5 Å². The number of carbonyl (C=O) groups excluding carboxylic acids is 2. The van der Waals surface area contributed by atoms with Crippen LogP contribution in [0.25, 0.3) is 0 Å². The molecule has 2 amide bonds. The van der Waals surface area contributed by atoms with Gasteiger partial charge in [0.1, 0.15) is 5.01 Å². The highest BCUT2D eigenvalue weighted by atomic mass is 32.1. The highest BCUT2D eigenvalue weighted by Gasteiger charge is 2.40. The van der Waals surface area contributed by atoms with E-state index in [0.717, 1.165) is 17.1 Å². The second-order valence-electron chi connectivity index (χ2n) is 8.37. The third-order valence-electron chi connectivity index (χ3n) is 5.07. The molecule has 0 aliphatic carbocycles. The van der Waals surface area contributed by atoms with E-state index in [1.165, 1.54) is 28.4 Å². The molecule has 162 valence electrons. The molecule has 1 N–H and O–H groups in total. The molecule has 0 saturated carbocycles. The summed E-state index contributed by atoms with van der Waals surface area (Å²) < 4.78 is 38.7. The highest BCUT2D eigenvalue weighted by molar-refractivity contribution is 7.15. The summed E-state index contributed by atoms with van der Waals surface area (Å²) in [5.74, 6) is -1.11. The Labute approximate surface area is 176 Å². The molecule has 1 aliphatic heterocycles. The average Bonchev–Trinajstić information content (AvgIpc) is 3.12. The maximum Gasteiger partial charge on any atom is 0.416 e. The molecule has 6 nitrogen and oxygen atoms in total. The van der Waals surface area contributed by atoms with Gasteiger partial charge in [0, 0.05) is 18.9 Å². The summed E-state index contributed by atoms with van der Waals surface area (Å²) in [6.07, 6.45) is -3.97. The number of anilines is 1. The number of nitrogens with one attached hydrogen (secondary N) is 1. The zero-order valence-corrected chi connectivity index (χ0v) is 17.9. The van der Waals surface area contributed by atoms with E-state index in [4.69, 9.17) is 0 Å². The third-order valence-corrected chi connectivity index (χ3v) is 6.34. The lowest BCUT2D eigenvalue weighted by molar-refractivity contribution is -0.140. The van der Waals surface area contributed by atoms with Crippen LogP contribution >= 0.6 is 11.3 Å². The van der Waals surface area contributed by atoms with Crippen LogP contribution in [0, 0.1) is 5.92 Å². The molecule has 3 rings (SSSR count). The normalized spacial score (nSPS) is 20.4. The lowest BCUT2D eigenvalue weighted by Gasteiger charge is -2.38. The zero-order valence-electron chi connectivity index (χ0n) is 17.1. The van der Waals surface area contributed by atoms with E-state index in [1.807, 2.05) is 20.8 Å². The number of piperidine rings is 1. The van der Waals surface area contributed by atoms with E-state index in [0.29, 0.717) is 17.1 Å². The summed E-state index contributed by atoms with van der Waals surface area (Å²) >= 11 is 1.28. The van der Waals surface area contributed by atoms with Crippen molar-refractivity contribution in [3.63, 3.8) is 0 Å². The fraction of sp³-hybridized carbons (Fsp3) is 0.500. The molecular formula is C20H23F3N4O2S. The molecule has 1 aromatic carbocycles. The van der Waals surface area contributed by atoms with Gasteiger partial charge in [-0.2, -0.15) is 13.2 Å². The number of alkyl halides is 3. The van der Waals surface area contributed by atoms with Gasteiger partial charge in [0.2, 0.25) is 16.9 Å². The number of rotatable bonds is 3. The topological polar surface area (TPSA) is 75.2 Å². The number of carbonyl (C=O) groups is 2. The first-order valence-corrected chi connectivity index (χ1v) is 10.3. The molecule has 2 unspecified atom stereocenters. The number of benzene rings is 1. The second kappa shape index (κ2) is 7.98. The van der Waals surface area contributed by atoms with Crippen LogP contribution in [-0.4, -0.2) is 34.0 Å². The molecule has 1 aromatic heterocycles. The molecule has 1 aliphatic rings. The number of hydrogen-bond donors (Lipinski definition) is 1. The third kappa shape index (κ3) is 4.63. The minimum absolute atomic E-state index is 0.158. The van der Waals surface area contributed by atoms with Gasteiger partial charge in [-0.3, -0.25) is 9.59 Å². The zero-order chi connectivity index (χ0) is 22.3. The van der Waals surface area contributed by atoms with E-state index in [-0.39, 0.29) is 23.7 Å². The summed E-state index contributed by atoms with van der Waals surface area (Å²) in [5.41, 5.74) is -0.507. The Kier molecular flexibility index (Phi) is 5.90. The molecule has 0 radical (unpaired) electrons. The van der Waals surface area contributed by atoms with Gasteiger partial charge in [0.25, 0.3) is 0 Å². The van der Waals surface area contributed by atoms with Crippen LogP contribution in [0.1, 0.15) is 55.8 Å². The number of aromatic nitrogens is 2. The Hall–Kier alpha value is -2.49. The van der Waals surface area contributed by atoms with Crippen LogP contribution in [-0.2, 0) is 21.2 Å². The lowest BCUT2D eigenvalue weighted by Crippen LogP contribution is -2.44. The minimum Gasteiger partial charge on any atom is -0.338 e. The van der Waals surface area contributed by atoms with Gasteiger partial charge in [-0.15, -0.1) is 10.2 Å². The van der Waals surface area contributed by atoms with Crippen molar-refractivity contribution in [1.29, 1.82) is 0 Å². The fourth-order valence-electron chi connectivity index (χ4n) is 3.41. The van der Waals surface area contributed by atoms with Crippen LogP contribution in [0.4, 0.5) is 18.3 Å². The number of halogens is 3. The van der Waals surface area contributed by atoms with Gasteiger partial charge in [0.15, 0.2) is 0 Å². The molecule has 2 aromatic rings. The van der Waals surface area contributed by atoms with Crippen molar-refractivity contribution in [2.45, 2.75) is 51.2 Å². The molecule has 30 heavy (non-hydrogen) atoms. The predicted octanol–water partition coefficient (Wildman–Crippen LogP) is 4.40. The van der Waals surface area contributed by atoms with E-state index in [9.17, 15) is 22.8 Å². The molecular weight excluding hydrogens is 417 g/mol. The first-order chi connectivity index (χ1) is 13.9. The van der Waals surface area contributed by atoms with Crippen molar-refractivity contribution in [1.82, 2.24) is 15.1 Å². The maximum atomic E-state index is 13.0. The summed E-state index contributed by atoms with van der Waals surface area (Å²) in [5, 5.41) is 12.0. The van der Waals surface area contributed by atoms with Crippen molar-refractivity contribution < 1.29 is 22.8 Å². The number of nitrogens with zero attached hydrogens (tertiary/aromatic N) is 3. The van der Waals surface area contributed by atoms with Crippen molar-refractivity contribution in [3.8, 4) is 0 Å². The van der Waals surface area contributed by atoms with Gasteiger partial charge < -0.3 is 10.2 Å². The highest BCUT2D eigenvalue weighted by Crippen LogP contribution is 2.38. The van der Waals surface area contributed by atoms with E-state index < -0.39 is 23.7 Å². The smallest absolute Gasteiger partial charge is 0.338 e. The molecule has 10 heteroatoms. The maximum absolute atomic E-state index is 13.0. The Balaban J connectivity index is 1.85. The van der Waals surface area contributed by atoms with Crippen molar-refractivity contribution in [3.05, 3.63) is 40.4 Å². The fourth-order valence-corrected chi connectivity index (χ4v) is 4.22. The van der Waals surface area contributed by atoms with Crippen LogP contribution < -0.4 is 5.32 Å². The lowest BCUT2D eigenvalue weighted by atomic mass is 9.83. The van der Waals surface area contributed by atoms with E-state index in [2.05, 4.69) is 15.5 Å². The molecule has 2 heterocycles. The largest absolute Gasteiger partial charge is 0.416 e. The second-order valence-corrected chi connectivity index (χ2v) is 9.34. The van der Waals surface area contributed by atoms with E-state index in [1.54, 1.807) is 7.05 Å². The van der Waals surface area contributed by atoms with Crippen LogP contribution in [0.3, 0.4) is 0 Å². The van der Waals surface area contributed by atoms with Crippen molar-refractivity contribution in [2.24, 2.45) is 5.92 Å². The summed E-state index contributed by atoms with van der Waals surface area (Å²) in [6.45, 7) is 5.96. The van der Waals surface area contributed by atoms with Crippen molar-refractivity contribution in [2.75, 3.05) is 12.4 Å². The number of amides is 2. The Morgan fingerprint density at radius 2 is 1.80 bits per heavy atom.